The predicted molar refractivity (Wildman–Crippen MR) is 72.5 cm³/mol. The number of hydrogen-bond acceptors (Lipinski definition) is 4. The molecule has 0 aliphatic rings. The average molecular weight is 253 g/mol. The topological polar surface area (TPSA) is 39.7 Å². The summed E-state index contributed by atoms with van der Waals surface area (Å²) in [4.78, 5) is 0. The van der Waals surface area contributed by atoms with Crippen molar-refractivity contribution in [1.82, 2.24) is 5.32 Å². The summed E-state index contributed by atoms with van der Waals surface area (Å²) in [7, 11) is 1.69. The van der Waals surface area contributed by atoms with Crippen LogP contribution in [0.25, 0.3) is 0 Å². The molecule has 0 unspecified atom stereocenters. The largest absolute Gasteiger partial charge is 0.490 e. The van der Waals surface area contributed by atoms with Gasteiger partial charge in [0.15, 0.2) is 11.5 Å². The van der Waals surface area contributed by atoms with Crippen LogP contribution in [0.5, 0.6) is 11.5 Å². The number of para-hydroxylation sites is 2. The molecule has 0 radical (unpaired) electrons. The Morgan fingerprint density at radius 3 is 2.17 bits per heavy atom. The van der Waals surface area contributed by atoms with Crippen LogP contribution in [-0.4, -0.2) is 40.0 Å². The van der Waals surface area contributed by atoms with Gasteiger partial charge in [0, 0.05) is 20.2 Å². The van der Waals surface area contributed by atoms with Gasteiger partial charge in [0.1, 0.15) is 6.61 Å². The van der Waals surface area contributed by atoms with Gasteiger partial charge in [-0.2, -0.15) is 0 Å². The van der Waals surface area contributed by atoms with Crippen molar-refractivity contribution in [3.63, 3.8) is 0 Å². The van der Waals surface area contributed by atoms with Crippen LogP contribution in [0.4, 0.5) is 0 Å². The first kappa shape index (κ1) is 14.8. The molecule has 0 atom stereocenters. The summed E-state index contributed by atoms with van der Waals surface area (Å²) in [5, 5.41) is 3.23. The number of nitrogens with one attached hydrogen (secondary N) is 1. The summed E-state index contributed by atoms with van der Waals surface area (Å²) in [6.07, 6.45) is 0.993. The summed E-state index contributed by atoms with van der Waals surface area (Å²) in [5.41, 5.74) is 0. The molecule has 1 N–H and O–H groups in total. The standard InChI is InChI=1S/C14H23NO3/c1-3-10-17-13-6-4-5-7-14(13)18-12-9-15-8-11-16-2/h4-7,15H,3,8-12H2,1-2H3. The fourth-order valence-electron chi connectivity index (χ4n) is 1.43. The zero-order valence-electron chi connectivity index (χ0n) is 11.3. The van der Waals surface area contributed by atoms with Gasteiger partial charge < -0.3 is 19.5 Å². The van der Waals surface area contributed by atoms with Crippen molar-refractivity contribution in [2.24, 2.45) is 0 Å². The summed E-state index contributed by atoms with van der Waals surface area (Å²) < 4.78 is 16.2. The van der Waals surface area contributed by atoms with Crippen LogP contribution in [-0.2, 0) is 4.74 Å². The van der Waals surface area contributed by atoms with Crippen molar-refractivity contribution in [1.29, 1.82) is 0 Å². The summed E-state index contributed by atoms with van der Waals surface area (Å²) in [6, 6.07) is 7.77. The zero-order chi connectivity index (χ0) is 13.1. The molecule has 0 amide bonds. The zero-order valence-corrected chi connectivity index (χ0v) is 11.3. The quantitative estimate of drug-likeness (QED) is 0.648. The molecule has 0 saturated heterocycles. The maximum atomic E-state index is 5.69. The average Bonchev–Trinajstić information content (AvgIpc) is 2.41. The van der Waals surface area contributed by atoms with Gasteiger partial charge in [-0.3, -0.25) is 0 Å². The first-order valence-electron chi connectivity index (χ1n) is 6.42. The fraction of sp³-hybridized carbons (Fsp3) is 0.571. The fourth-order valence-corrected chi connectivity index (χ4v) is 1.43. The lowest BCUT2D eigenvalue weighted by Crippen LogP contribution is -2.24. The Balaban J connectivity index is 2.27. The highest BCUT2D eigenvalue weighted by Gasteiger charge is 2.02. The summed E-state index contributed by atoms with van der Waals surface area (Å²) in [6.45, 7) is 5.78. The van der Waals surface area contributed by atoms with Gasteiger partial charge in [0.05, 0.1) is 13.2 Å². The predicted octanol–water partition coefficient (Wildman–Crippen LogP) is 2.09. The summed E-state index contributed by atoms with van der Waals surface area (Å²) in [5.74, 6) is 1.62. The van der Waals surface area contributed by atoms with Crippen LogP contribution >= 0.6 is 0 Å². The molecule has 102 valence electrons. The monoisotopic (exact) mass is 253 g/mol. The molecule has 0 fully saturated rings. The minimum atomic E-state index is 0.621. The lowest BCUT2D eigenvalue weighted by atomic mass is 10.3. The highest BCUT2D eigenvalue weighted by Crippen LogP contribution is 2.26. The lowest BCUT2D eigenvalue weighted by Gasteiger charge is -2.12. The van der Waals surface area contributed by atoms with E-state index in [0.717, 1.165) is 37.6 Å². The van der Waals surface area contributed by atoms with Crippen LogP contribution in [0, 0.1) is 0 Å². The molecule has 0 bridgehead atoms. The van der Waals surface area contributed by atoms with Crippen LogP contribution < -0.4 is 14.8 Å². The van der Waals surface area contributed by atoms with E-state index in [4.69, 9.17) is 14.2 Å². The van der Waals surface area contributed by atoms with E-state index in [9.17, 15) is 0 Å². The van der Waals surface area contributed by atoms with Crippen molar-refractivity contribution in [2.45, 2.75) is 13.3 Å². The van der Waals surface area contributed by atoms with Gasteiger partial charge in [-0.15, -0.1) is 0 Å². The molecule has 0 aliphatic carbocycles. The maximum Gasteiger partial charge on any atom is 0.161 e. The number of ether oxygens (including phenoxy) is 3. The number of rotatable bonds is 10. The van der Waals surface area contributed by atoms with Crippen LogP contribution in [0.15, 0.2) is 24.3 Å². The molecule has 4 heteroatoms. The SMILES string of the molecule is CCCOc1ccccc1OCCNCCOC. The first-order valence-corrected chi connectivity index (χ1v) is 6.42. The highest BCUT2D eigenvalue weighted by atomic mass is 16.5. The Labute approximate surface area is 109 Å². The second-order valence-electron chi connectivity index (χ2n) is 3.89. The minimum absolute atomic E-state index is 0.621. The lowest BCUT2D eigenvalue weighted by molar-refractivity contribution is 0.196. The van der Waals surface area contributed by atoms with Gasteiger partial charge in [-0.05, 0) is 18.6 Å². The molecule has 18 heavy (non-hydrogen) atoms. The Morgan fingerprint density at radius 1 is 0.944 bits per heavy atom. The van der Waals surface area contributed by atoms with E-state index in [1.165, 1.54) is 0 Å². The first-order chi connectivity index (χ1) is 8.88. The molecule has 0 aromatic heterocycles. The third kappa shape index (κ3) is 5.89. The Hall–Kier alpha value is -1.26. The molecular weight excluding hydrogens is 230 g/mol. The highest BCUT2D eigenvalue weighted by molar-refractivity contribution is 5.39. The van der Waals surface area contributed by atoms with Crippen LogP contribution in [0.2, 0.25) is 0 Å². The van der Waals surface area contributed by atoms with E-state index in [0.29, 0.717) is 13.2 Å². The van der Waals surface area contributed by atoms with Gasteiger partial charge in [-0.1, -0.05) is 19.1 Å². The van der Waals surface area contributed by atoms with Crippen molar-refractivity contribution in [3.8, 4) is 11.5 Å². The smallest absolute Gasteiger partial charge is 0.161 e. The third-order valence-electron chi connectivity index (χ3n) is 2.33. The second kappa shape index (κ2) is 9.74. The maximum absolute atomic E-state index is 5.69. The van der Waals surface area contributed by atoms with E-state index in [1.54, 1.807) is 7.11 Å². The normalized spacial score (nSPS) is 10.3. The number of methoxy groups -OCH3 is 1. The molecular formula is C14H23NO3. The molecule has 0 saturated carbocycles. The van der Waals surface area contributed by atoms with Gasteiger partial charge in [0.25, 0.3) is 0 Å². The number of hydrogen-bond donors (Lipinski definition) is 1. The Morgan fingerprint density at radius 2 is 1.56 bits per heavy atom. The molecule has 0 spiro atoms. The van der Waals surface area contributed by atoms with Crippen molar-refractivity contribution in [3.05, 3.63) is 24.3 Å². The minimum Gasteiger partial charge on any atom is -0.490 e. The molecule has 0 aliphatic heterocycles. The van der Waals surface area contributed by atoms with Gasteiger partial charge in [-0.25, -0.2) is 0 Å². The van der Waals surface area contributed by atoms with Crippen LogP contribution in [0.3, 0.4) is 0 Å². The van der Waals surface area contributed by atoms with E-state index in [2.05, 4.69) is 12.2 Å². The van der Waals surface area contributed by atoms with Gasteiger partial charge in [0.2, 0.25) is 0 Å². The van der Waals surface area contributed by atoms with Crippen molar-refractivity contribution in [2.75, 3.05) is 40.0 Å². The molecule has 4 nitrogen and oxygen atoms in total. The Bertz CT molecular complexity index is 318. The molecule has 1 rings (SSSR count). The second-order valence-corrected chi connectivity index (χ2v) is 3.89. The number of benzene rings is 1. The summed E-state index contributed by atoms with van der Waals surface area (Å²) >= 11 is 0. The van der Waals surface area contributed by atoms with Crippen molar-refractivity contribution >= 4 is 0 Å². The molecule has 1 aromatic carbocycles. The van der Waals surface area contributed by atoms with Gasteiger partial charge >= 0.3 is 0 Å². The van der Waals surface area contributed by atoms with Crippen LogP contribution in [0.1, 0.15) is 13.3 Å². The third-order valence-corrected chi connectivity index (χ3v) is 2.33. The van der Waals surface area contributed by atoms with E-state index in [-0.39, 0.29) is 0 Å². The molecule has 0 heterocycles. The van der Waals surface area contributed by atoms with E-state index in [1.807, 2.05) is 24.3 Å². The van der Waals surface area contributed by atoms with E-state index < -0.39 is 0 Å². The van der Waals surface area contributed by atoms with E-state index >= 15 is 0 Å². The molecule has 1 aromatic rings. The Kier molecular flexibility index (Phi) is 8.01. The van der Waals surface area contributed by atoms with Crippen molar-refractivity contribution < 1.29 is 14.2 Å².